The highest BCUT2D eigenvalue weighted by Crippen LogP contribution is 2.21. The lowest BCUT2D eigenvalue weighted by Gasteiger charge is -2.21. The first-order valence-electron chi connectivity index (χ1n) is 4.50. The molecule has 0 unspecified atom stereocenters. The third kappa shape index (κ3) is 3.45. The molecule has 0 amide bonds. The zero-order valence-electron chi connectivity index (χ0n) is 9.15. The fourth-order valence-corrected chi connectivity index (χ4v) is 0.573. The molecule has 0 aliphatic heterocycles. The number of nitrogens with zero attached hydrogens (tertiary/aromatic N) is 1. The Hall–Kier alpha value is -1.05. The van der Waals surface area contributed by atoms with Gasteiger partial charge in [0.2, 0.25) is 0 Å². The Bertz CT molecular complexity index is 247. The van der Waals surface area contributed by atoms with Crippen LogP contribution in [0, 0.1) is 5.41 Å². The molecule has 0 heterocycles. The Morgan fingerprint density at radius 1 is 1.38 bits per heavy atom. The number of nitrogens with two attached hydrogens (primary N) is 1. The van der Waals surface area contributed by atoms with E-state index in [2.05, 4.69) is 38.9 Å². The van der Waals surface area contributed by atoms with E-state index < -0.39 is 0 Å². The molecule has 0 fully saturated rings. The van der Waals surface area contributed by atoms with Gasteiger partial charge in [-0.05, 0) is 18.9 Å². The third-order valence-electron chi connectivity index (χ3n) is 2.33. The van der Waals surface area contributed by atoms with Crippen LogP contribution in [0.1, 0.15) is 34.1 Å². The van der Waals surface area contributed by atoms with Crippen LogP contribution in [0.25, 0.3) is 0 Å². The maximum absolute atomic E-state index is 5.85. The number of allylic oxidation sites excluding steroid dienone is 1. The molecule has 0 spiro atoms. The molecule has 74 valence electrons. The molecule has 0 saturated carbocycles. The normalized spacial score (nSPS) is 12.8. The van der Waals surface area contributed by atoms with Crippen LogP contribution in [-0.2, 0) is 0 Å². The van der Waals surface area contributed by atoms with Crippen molar-refractivity contribution in [2.75, 3.05) is 0 Å². The minimum Gasteiger partial charge on any atom is -0.387 e. The van der Waals surface area contributed by atoms with Crippen molar-refractivity contribution in [1.82, 2.24) is 0 Å². The van der Waals surface area contributed by atoms with Crippen molar-refractivity contribution < 1.29 is 0 Å². The van der Waals surface area contributed by atoms with Gasteiger partial charge in [0.1, 0.15) is 5.84 Å². The molecule has 0 saturated heterocycles. The fourth-order valence-electron chi connectivity index (χ4n) is 0.573. The highest BCUT2D eigenvalue weighted by Gasteiger charge is 2.20. The van der Waals surface area contributed by atoms with Gasteiger partial charge in [-0.25, -0.2) is 4.99 Å². The van der Waals surface area contributed by atoms with Crippen LogP contribution >= 0.6 is 0 Å². The van der Waals surface area contributed by atoms with E-state index in [9.17, 15) is 0 Å². The first kappa shape index (κ1) is 11.9. The first-order chi connectivity index (χ1) is 5.81. The molecule has 2 nitrogen and oxygen atoms in total. The summed E-state index contributed by atoms with van der Waals surface area (Å²) >= 11 is 0. The zero-order chi connectivity index (χ0) is 10.6. The topological polar surface area (TPSA) is 38.4 Å². The lowest BCUT2D eigenvalue weighted by atomic mass is 9.89. The minimum atomic E-state index is -0.0572. The zero-order valence-corrected chi connectivity index (χ0v) is 9.15. The highest BCUT2D eigenvalue weighted by atomic mass is 14.9. The van der Waals surface area contributed by atoms with E-state index >= 15 is 0 Å². The van der Waals surface area contributed by atoms with Gasteiger partial charge in [0.25, 0.3) is 0 Å². The molecule has 0 atom stereocenters. The molecule has 0 aliphatic rings. The van der Waals surface area contributed by atoms with Gasteiger partial charge >= 0.3 is 0 Å². The minimum absolute atomic E-state index is 0.0572. The lowest BCUT2D eigenvalue weighted by Crippen LogP contribution is -2.31. The number of hydrogen-bond donors (Lipinski definition) is 1. The van der Waals surface area contributed by atoms with Gasteiger partial charge in [-0.2, -0.15) is 0 Å². The maximum atomic E-state index is 5.85. The van der Waals surface area contributed by atoms with Crippen molar-refractivity contribution in [2.45, 2.75) is 34.1 Å². The Balaban J connectivity index is 4.68. The molecule has 0 radical (unpaired) electrons. The predicted molar refractivity (Wildman–Crippen MR) is 59.6 cm³/mol. The molecule has 13 heavy (non-hydrogen) atoms. The van der Waals surface area contributed by atoms with E-state index in [1.54, 1.807) is 0 Å². The van der Waals surface area contributed by atoms with Gasteiger partial charge in [0.05, 0.1) is 5.70 Å². The van der Waals surface area contributed by atoms with Crippen LogP contribution < -0.4 is 5.73 Å². The van der Waals surface area contributed by atoms with E-state index in [0.717, 1.165) is 12.0 Å². The first-order valence-corrected chi connectivity index (χ1v) is 4.50. The average Bonchev–Trinajstić information content (AvgIpc) is 2.04. The van der Waals surface area contributed by atoms with Gasteiger partial charge in [0.15, 0.2) is 0 Å². The monoisotopic (exact) mass is 180 g/mol. The van der Waals surface area contributed by atoms with Crippen LogP contribution in [-0.4, -0.2) is 5.84 Å². The molecule has 0 aromatic rings. The van der Waals surface area contributed by atoms with E-state index in [0.29, 0.717) is 11.5 Å². The number of amidine groups is 1. The molecular weight excluding hydrogens is 160 g/mol. The van der Waals surface area contributed by atoms with Crippen molar-refractivity contribution in [3.05, 3.63) is 24.4 Å². The predicted octanol–water partition coefficient (Wildman–Crippen LogP) is 2.87. The van der Waals surface area contributed by atoms with Gasteiger partial charge < -0.3 is 5.73 Å². The van der Waals surface area contributed by atoms with Crippen molar-refractivity contribution in [2.24, 2.45) is 16.1 Å². The van der Waals surface area contributed by atoms with Crippen molar-refractivity contribution in [3.8, 4) is 0 Å². The van der Waals surface area contributed by atoms with Crippen molar-refractivity contribution in [3.63, 3.8) is 0 Å². The fraction of sp³-hybridized carbons (Fsp3) is 0.545. The maximum Gasteiger partial charge on any atom is 0.105 e. The summed E-state index contributed by atoms with van der Waals surface area (Å²) in [6.45, 7) is 15.6. The largest absolute Gasteiger partial charge is 0.387 e. The van der Waals surface area contributed by atoms with E-state index in [-0.39, 0.29) is 5.41 Å². The van der Waals surface area contributed by atoms with Crippen LogP contribution in [0.15, 0.2) is 29.4 Å². The summed E-state index contributed by atoms with van der Waals surface area (Å²) in [7, 11) is 0. The molecular formula is C11H20N2. The van der Waals surface area contributed by atoms with E-state index in [1.165, 1.54) is 0 Å². The van der Waals surface area contributed by atoms with E-state index in [4.69, 9.17) is 5.73 Å². The van der Waals surface area contributed by atoms with Crippen molar-refractivity contribution in [1.29, 1.82) is 0 Å². The molecule has 0 aromatic heterocycles. The Morgan fingerprint density at radius 2 is 1.85 bits per heavy atom. The number of rotatable bonds is 4. The second kappa shape index (κ2) is 4.26. The van der Waals surface area contributed by atoms with Crippen LogP contribution in [0.3, 0.4) is 0 Å². The molecule has 0 aromatic carbocycles. The van der Waals surface area contributed by atoms with Crippen LogP contribution in [0.4, 0.5) is 0 Å². The Labute approximate surface area is 81.2 Å². The van der Waals surface area contributed by atoms with Crippen LogP contribution in [0.2, 0.25) is 0 Å². The Morgan fingerprint density at radius 3 is 2.15 bits per heavy atom. The van der Waals surface area contributed by atoms with E-state index in [1.807, 2.05) is 6.92 Å². The molecule has 0 rings (SSSR count). The summed E-state index contributed by atoms with van der Waals surface area (Å²) in [5, 5.41) is 0. The quantitative estimate of drug-likeness (QED) is 0.403. The van der Waals surface area contributed by atoms with Crippen LogP contribution in [0.5, 0.6) is 0 Å². The molecule has 2 N–H and O–H groups in total. The summed E-state index contributed by atoms with van der Waals surface area (Å²) < 4.78 is 0. The summed E-state index contributed by atoms with van der Waals surface area (Å²) in [5.41, 5.74) is 7.31. The van der Waals surface area contributed by atoms with Crippen molar-refractivity contribution >= 4 is 5.84 Å². The second-order valence-corrected chi connectivity index (χ2v) is 3.96. The average molecular weight is 180 g/mol. The van der Waals surface area contributed by atoms with Gasteiger partial charge in [-0.15, -0.1) is 0 Å². The molecule has 0 aliphatic carbocycles. The van der Waals surface area contributed by atoms with Gasteiger partial charge in [-0.3, -0.25) is 0 Å². The smallest absolute Gasteiger partial charge is 0.105 e. The second-order valence-electron chi connectivity index (χ2n) is 3.96. The number of aliphatic imine (C=N–C) groups is 1. The Kier molecular flexibility index (Phi) is 3.92. The molecule has 2 heteroatoms. The summed E-state index contributed by atoms with van der Waals surface area (Å²) in [5.74, 6) is 0.628. The lowest BCUT2D eigenvalue weighted by molar-refractivity contribution is 0.498. The highest BCUT2D eigenvalue weighted by molar-refractivity contribution is 5.86. The summed E-state index contributed by atoms with van der Waals surface area (Å²) in [6, 6.07) is 0. The SMILES string of the molecule is C=C(C)C(=C)N=C(N)C(C)(C)CC. The molecule has 0 bridgehead atoms. The van der Waals surface area contributed by atoms with Gasteiger partial charge in [0, 0.05) is 5.41 Å². The summed E-state index contributed by atoms with van der Waals surface area (Å²) in [4.78, 5) is 4.22. The van der Waals surface area contributed by atoms with Gasteiger partial charge in [-0.1, -0.05) is 33.9 Å². The third-order valence-corrected chi connectivity index (χ3v) is 2.33. The summed E-state index contributed by atoms with van der Waals surface area (Å²) in [6.07, 6.45) is 0.964. The standard InChI is InChI=1S/C11H20N2/c1-7-11(5,6)10(12)13-9(4)8(2)3/h2,4,7H2,1,3,5-6H3,(H2,12,13). The number of hydrogen-bond acceptors (Lipinski definition) is 1.